The molecule has 0 amide bonds. The molecule has 0 aliphatic heterocycles. The maximum Gasteiger partial charge on any atom is 0.466 e. The smallest absolute Gasteiger partial charge is 0.466 e. The van der Waals surface area contributed by atoms with E-state index in [9.17, 15) is 9.36 Å². The number of carbonyl (C=O) groups excluding carboxylic acids is 1. The lowest BCUT2D eigenvalue weighted by atomic mass is 10.2. The summed E-state index contributed by atoms with van der Waals surface area (Å²) < 4.78 is 45.2. The third-order valence-corrected chi connectivity index (χ3v) is 7.29. The molecule has 216 valence electrons. The third kappa shape index (κ3) is 10.5. The zero-order valence-corrected chi connectivity index (χ0v) is 25.5. The summed E-state index contributed by atoms with van der Waals surface area (Å²) >= 11 is 0. The SMILES string of the molecule is C=C(C)C(=O)[P+](=O)c1c(OCCCC)c(OCCCC)c(OCCCC)c(OCCCC)c1OCCCC. The number of hydrogen-bond acceptors (Lipinski definition) is 7. The molecule has 0 heterocycles. The molecule has 0 aliphatic rings. The standard InChI is InChI=1S/C30H50O7P/c1-8-13-18-33-24-25(34-19-14-9-2)27(36-21-16-11-4)29(38(32)30(31)23(6)7)28(37-22-17-12-5)26(24)35-20-15-10-3/h6,8-22H2,1-5,7H3/q+1. The van der Waals surface area contributed by atoms with Gasteiger partial charge in [-0.15, -0.1) is 0 Å². The van der Waals surface area contributed by atoms with E-state index in [0.717, 1.165) is 64.2 Å². The van der Waals surface area contributed by atoms with E-state index in [1.807, 2.05) is 0 Å². The van der Waals surface area contributed by atoms with Gasteiger partial charge in [0.2, 0.25) is 28.7 Å². The molecule has 8 heteroatoms. The lowest BCUT2D eigenvalue weighted by Crippen LogP contribution is -2.19. The van der Waals surface area contributed by atoms with E-state index in [1.54, 1.807) is 6.92 Å². The van der Waals surface area contributed by atoms with Crippen molar-refractivity contribution in [3.8, 4) is 28.7 Å². The first-order valence-electron chi connectivity index (χ1n) is 14.4. The van der Waals surface area contributed by atoms with Crippen molar-refractivity contribution in [2.45, 2.75) is 106 Å². The van der Waals surface area contributed by atoms with Crippen molar-refractivity contribution in [3.63, 3.8) is 0 Å². The van der Waals surface area contributed by atoms with Crippen LogP contribution in [0.1, 0.15) is 106 Å². The van der Waals surface area contributed by atoms with Gasteiger partial charge in [0.05, 0.1) is 33.0 Å². The number of hydrogen-bond donors (Lipinski definition) is 0. The summed E-state index contributed by atoms with van der Waals surface area (Å²) in [6, 6.07) is 0. The van der Waals surface area contributed by atoms with E-state index in [4.69, 9.17) is 23.7 Å². The predicted molar refractivity (Wildman–Crippen MR) is 156 cm³/mol. The van der Waals surface area contributed by atoms with Crippen LogP contribution in [0.4, 0.5) is 0 Å². The van der Waals surface area contributed by atoms with Crippen LogP contribution in [0.15, 0.2) is 12.2 Å². The first kappa shape index (κ1) is 33.8. The van der Waals surface area contributed by atoms with E-state index < -0.39 is 13.3 Å². The average molecular weight is 554 g/mol. The Morgan fingerprint density at radius 1 is 0.579 bits per heavy atom. The zero-order chi connectivity index (χ0) is 28.3. The zero-order valence-electron chi connectivity index (χ0n) is 24.6. The first-order chi connectivity index (χ1) is 18.4. The van der Waals surface area contributed by atoms with Crippen LogP contribution >= 0.6 is 7.80 Å². The van der Waals surface area contributed by atoms with E-state index in [0.29, 0.717) is 50.3 Å². The predicted octanol–water partition coefficient (Wildman–Crippen LogP) is 8.14. The van der Waals surface area contributed by atoms with Gasteiger partial charge < -0.3 is 23.7 Å². The number of allylic oxidation sites excluding steroid dienone is 1. The van der Waals surface area contributed by atoms with Crippen LogP contribution in [0, 0.1) is 0 Å². The molecule has 38 heavy (non-hydrogen) atoms. The molecule has 1 unspecified atom stereocenters. The van der Waals surface area contributed by atoms with Gasteiger partial charge in [0, 0.05) is 5.57 Å². The summed E-state index contributed by atoms with van der Waals surface area (Å²) in [6.45, 7) is 17.7. The molecule has 1 aromatic carbocycles. The highest BCUT2D eigenvalue weighted by Gasteiger charge is 2.45. The van der Waals surface area contributed by atoms with Gasteiger partial charge in [0.15, 0.2) is 0 Å². The maximum atomic E-state index is 13.9. The summed E-state index contributed by atoms with van der Waals surface area (Å²) in [4.78, 5) is 13.0. The Bertz CT molecular complexity index is 837. The highest BCUT2D eigenvalue weighted by atomic mass is 31.1. The van der Waals surface area contributed by atoms with E-state index in [1.165, 1.54) is 0 Å². The van der Waals surface area contributed by atoms with Crippen LogP contribution in [0.5, 0.6) is 28.7 Å². The summed E-state index contributed by atoms with van der Waals surface area (Å²) in [7, 11) is -2.61. The first-order valence-corrected chi connectivity index (χ1v) is 15.7. The van der Waals surface area contributed by atoms with Crippen molar-refractivity contribution in [1.29, 1.82) is 0 Å². The summed E-state index contributed by atoms with van der Waals surface area (Å²) in [5.41, 5.74) is -0.352. The van der Waals surface area contributed by atoms with Gasteiger partial charge in [0.25, 0.3) is 5.30 Å². The summed E-state index contributed by atoms with van der Waals surface area (Å²) in [5, 5.41) is 0.168. The molecule has 0 bridgehead atoms. The molecule has 0 radical (unpaired) electrons. The lowest BCUT2D eigenvalue weighted by Gasteiger charge is -2.23. The normalized spacial score (nSPS) is 11.2. The second-order valence-corrected chi connectivity index (χ2v) is 10.8. The fourth-order valence-electron chi connectivity index (χ4n) is 3.34. The molecule has 1 atom stereocenters. The molecule has 1 rings (SSSR count). The van der Waals surface area contributed by atoms with Crippen molar-refractivity contribution in [3.05, 3.63) is 12.2 Å². The molecule has 0 spiro atoms. The largest absolute Gasteiger partial charge is 0.486 e. The highest BCUT2D eigenvalue weighted by molar-refractivity contribution is 7.72. The monoisotopic (exact) mass is 553 g/mol. The quantitative estimate of drug-likeness (QED) is 0.0769. The van der Waals surface area contributed by atoms with Crippen molar-refractivity contribution in [2.75, 3.05) is 33.0 Å². The van der Waals surface area contributed by atoms with Crippen molar-refractivity contribution >= 4 is 18.6 Å². The highest BCUT2D eigenvalue weighted by Crippen LogP contribution is 2.53. The Morgan fingerprint density at radius 2 is 0.842 bits per heavy atom. The molecule has 0 aromatic heterocycles. The molecule has 0 fully saturated rings. The van der Waals surface area contributed by atoms with Crippen molar-refractivity contribution in [2.24, 2.45) is 0 Å². The van der Waals surface area contributed by atoms with Crippen LogP contribution in [-0.2, 0) is 9.36 Å². The Morgan fingerprint density at radius 3 is 1.11 bits per heavy atom. The van der Waals surface area contributed by atoms with Crippen LogP contribution in [0.25, 0.3) is 0 Å². The number of benzene rings is 1. The van der Waals surface area contributed by atoms with Crippen LogP contribution < -0.4 is 29.0 Å². The number of ether oxygens (including phenoxy) is 5. The fourth-order valence-corrected chi connectivity index (χ4v) is 4.59. The lowest BCUT2D eigenvalue weighted by molar-refractivity contribution is -0.108. The average Bonchev–Trinajstić information content (AvgIpc) is 2.90. The van der Waals surface area contributed by atoms with Gasteiger partial charge in [-0.25, -0.2) is 4.79 Å². The minimum absolute atomic E-state index is 0.168. The summed E-state index contributed by atoms with van der Waals surface area (Å²) in [5.74, 6) is 1.52. The van der Waals surface area contributed by atoms with Crippen LogP contribution in [0.3, 0.4) is 0 Å². The molecule has 0 saturated heterocycles. The van der Waals surface area contributed by atoms with E-state index in [2.05, 4.69) is 41.2 Å². The molecular formula is C30H50O7P+. The van der Waals surface area contributed by atoms with Gasteiger partial charge in [0.1, 0.15) is 0 Å². The van der Waals surface area contributed by atoms with Gasteiger partial charge in [-0.05, 0) is 39.0 Å². The Kier molecular flexibility index (Phi) is 17.5. The fraction of sp³-hybridized carbons (Fsp3) is 0.700. The van der Waals surface area contributed by atoms with Gasteiger partial charge >= 0.3 is 13.3 Å². The maximum absolute atomic E-state index is 13.9. The number of unbranched alkanes of at least 4 members (excludes halogenated alkanes) is 5. The van der Waals surface area contributed by atoms with E-state index in [-0.39, 0.29) is 22.4 Å². The Labute approximate surface area is 231 Å². The number of rotatable bonds is 23. The Hall–Kier alpha value is -2.27. The number of carbonyl (C=O) groups is 1. The second-order valence-electron chi connectivity index (χ2n) is 9.38. The van der Waals surface area contributed by atoms with Gasteiger partial charge in [-0.2, -0.15) is 0 Å². The van der Waals surface area contributed by atoms with E-state index >= 15 is 0 Å². The minimum Gasteiger partial charge on any atom is -0.486 e. The van der Waals surface area contributed by atoms with Crippen LogP contribution in [-0.4, -0.2) is 38.6 Å². The van der Waals surface area contributed by atoms with Crippen molar-refractivity contribution < 1.29 is 33.0 Å². The molecule has 0 saturated carbocycles. The second kappa shape index (κ2) is 19.7. The Balaban J connectivity index is 4.03. The topological polar surface area (TPSA) is 80.3 Å². The molecular weight excluding hydrogens is 503 g/mol. The molecule has 7 nitrogen and oxygen atoms in total. The molecule has 1 aromatic rings. The van der Waals surface area contributed by atoms with Crippen molar-refractivity contribution in [1.82, 2.24) is 0 Å². The molecule has 0 aliphatic carbocycles. The summed E-state index contributed by atoms with van der Waals surface area (Å²) in [6.07, 6.45) is 8.69. The minimum atomic E-state index is -2.61. The van der Waals surface area contributed by atoms with Crippen LogP contribution in [0.2, 0.25) is 0 Å². The van der Waals surface area contributed by atoms with Gasteiger partial charge in [-0.3, -0.25) is 0 Å². The van der Waals surface area contributed by atoms with Gasteiger partial charge in [-0.1, -0.05) is 77.9 Å². The third-order valence-electron chi connectivity index (χ3n) is 5.73. The molecule has 0 N–H and O–H groups in total.